The minimum Gasteiger partial charge on any atom is -0.397 e. The van der Waals surface area contributed by atoms with Gasteiger partial charge in [0.1, 0.15) is 5.82 Å². The first-order valence-corrected chi connectivity index (χ1v) is 23.6. The number of hydrogen-bond donors (Lipinski definition) is 1. The standard InChI is InChI=1S/C62H51N7/c1-4-41(2)60(64-3)58-50-30-26-45(47-29-33-57-55(39-47)67-62(43-20-11-6-12-21-43)69(57)49-24-15-8-16-25-49)37-53(50)59(61-65-34-17-35-66-61)51-31-27-44(36-52(51)58)46-28-32-56(54(63)38-46)68(48-22-13-7-14-23-48)40-42-18-9-5-10-19-42/h4-11,13-20,22-39H,12,21,40,63H2,1-3H3/b41-4-,64-60?. The van der Waals surface area contributed by atoms with Crippen LogP contribution in [0.2, 0.25) is 0 Å². The van der Waals surface area contributed by atoms with Gasteiger partial charge in [-0.2, -0.15) is 0 Å². The van der Waals surface area contributed by atoms with Crippen LogP contribution < -0.4 is 10.6 Å². The van der Waals surface area contributed by atoms with Crippen LogP contribution in [-0.2, 0) is 6.54 Å². The number of fused-ring (bicyclic) bond motifs is 3. The van der Waals surface area contributed by atoms with Gasteiger partial charge in [0, 0.05) is 48.5 Å². The van der Waals surface area contributed by atoms with Gasteiger partial charge in [-0.05, 0) is 154 Å². The third-order valence-corrected chi connectivity index (χ3v) is 13.4. The number of rotatable bonds is 11. The summed E-state index contributed by atoms with van der Waals surface area (Å²) in [5, 5.41) is 4.20. The molecule has 0 bridgehead atoms. The van der Waals surface area contributed by atoms with E-state index in [0.29, 0.717) is 18.1 Å². The van der Waals surface area contributed by atoms with Gasteiger partial charge >= 0.3 is 0 Å². The Morgan fingerprint density at radius 1 is 0.696 bits per heavy atom. The average molecular weight is 894 g/mol. The van der Waals surface area contributed by atoms with Crippen molar-refractivity contribution >= 4 is 60.9 Å². The molecule has 334 valence electrons. The maximum atomic E-state index is 7.06. The molecule has 8 aromatic carbocycles. The molecule has 0 atom stereocenters. The molecule has 69 heavy (non-hydrogen) atoms. The van der Waals surface area contributed by atoms with Gasteiger partial charge in [-0.25, -0.2) is 15.0 Å². The second-order valence-electron chi connectivity index (χ2n) is 17.5. The van der Waals surface area contributed by atoms with Crippen molar-refractivity contribution < 1.29 is 0 Å². The van der Waals surface area contributed by atoms with Crippen molar-refractivity contribution in [3.05, 3.63) is 229 Å². The van der Waals surface area contributed by atoms with Crippen LogP contribution in [0.4, 0.5) is 17.1 Å². The third kappa shape index (κ3) is 8.08. The Morgan fingerprint density at radius 3 is 2.04 bits per heavy atom. The van der Waals surface area contributed by atoms with Crippen molar-refractivity contribution in [3.63, 3.8) is 0 Å². The summed E-state index contributed by atoms with van der Waals surface area (Å²) in [4.78, 5) is 22.4. The predicted molar refractivity (Wildman–Crippen MR) is 289 cm³/mol. The number of allylic oxidation sites excluding steroid dienone is 6. The van der Waals surface area contributed by atoms with E-state index in [0.717, 1.165) is 113 Å². The fourth-order valence-electron chi connectivity index (χ4n) is 9.91. The molecule has 7 heteroatoms. The summed E-state index contributed by atoms with van der Waals surface area (Å²) >= 11 is 0. The summed E-state index contributed by atoms with van der Waals surface area (Å²) in [6, 6.07) is 59.9. The van der Waals surface area contributed by atoms with Crippen LogP contribution in [0.15, 0.2) is 217 Å². The van der Waals surface area contributed by atoms with Crippen molar-refractivity contribution in [2.75, 3.05) is 17.7 Å². The van der Waals surface area contributed by atoms with Gasteiger partial charge in [0.2, 0.25) is 0 Å². The second-order valence-corrected chi connectivity index (χ2v) is 17.5. The maximum Gasteiger partial charge on any atom is 0.160 e. The van der Waals surface area contributed by atoms with Crippen LogP contribution in [0.25, 0.3) is 77.5 Å². The normalized spacial score (nSPS) is 13.1. The lowest BCUT2D eigenvalue weighted by molar-refractivity contribution is 0.977. The van der Waals surface area contributed by atoms with Crippen LogP contribution in [0, 0.1) is 0 Å². The Morgan fingerprint density at radius 2 is 1.35 bits per heavy atom. The third-order valence-electron chi connectivity index (χ3n) is 13.4. The Hall–Kier alpha value is -8.68. The first-order chi connectivity index (χ1) is 34.0. The van der Waals surface area contributed by atoms with E-state index in [1.54, 1.807) is 0 Å². The summed E-state index contributed by atoms with van der Waals surface area (Å²) < 4.78 is 2.30. The van der Waals surface area contributed by atoms with Gasteiger partial charge in [0.15, 0.2) is 5.82 Å². The Labute approximate surface area is 403 Å². The molecule has 0 spiro atoms. The monoisotopic (exact) mass is 893 g/mol. The summed E-state index contributed by atoms with van der Waals surface area (Å²) in [6.45, 7) is 4.89. The van der Waals surface area contributed by atoms with E-state index in [4.69, 9.17) is 25.7 Å². The fourth-order valence-corrected chi connectivity index (χ4v) is 9.91. The quantitative estimate of drug-likeness (QED) is 0.0794. The van der Waals surface area contributed by atoms with Crippen molar-refractivity contribution in [1.29, 1.82) is 0 Å². The SMILES string of the molecule is C/C=C(/C)C(=NC)c1c2cc(-c3ccc(N(Cc4ccccc4)c4ccccc4)c(N)c3)ccc2c(-c2ncccn2)c2cc(-c3ccc4c(c3)nc(C3=CC=CCC3)n4-c3ccccc3)ccc12. The van der Waals surface area contributed by atoms with Crippen molar-refractivity contribution in [2.45, 2.75) is 33.2 Å². The molecule has 11 rings (SSSR count). The minimum atomic E-state index is 0.659. The lowest BCUT2D eigenvalue weighted by atomic mass is 9.85. The number of para-hydroxylation sites is 2. The highest BCUT2D eigenvalue weighted by Gasteiger charge is 2.23. The highest BCUT2D eigenvalue weighted by atomic mass is 15.1. The van der Waals surface area contributed by atoms with E-state index in [1.807, 2.05) is 37.6 Å². The average Bonchev–Trinajstić information content (AvgIpc) is 3.80. The zero-order valence-corrected chi connectivity index (χ0v) is 39.0. The van der Waals surface area contributed by atoms with Crippen molar-refractivity contribution in [1.82, 2.24) is 19.5 Å². The summed E-state index contributed by atoms with van der Waals surface area (Å²) in [5.41, 5.74) is 23.6. The molecule has 2 heterocycles. The first-order valence-electron chi connectivity index (χ1n) is 23.6. The zero-order valence-electron chi connectivity index (χ0n) is 39.0. The topological polar surface area (TPSA) is 85.2 Å². The molecule has 10 aromatic rings. The smallest absolute Gasteiger partial charge is 0.160 e. The van der Waals surface area contributed by atoms with Crippen LogP contribution in [-0.4, -0.2) is 32.3 Å². The van der Waals surface area contributed by atoms with E-state index >= 15 is 0 Å². The molecule has 0 saturated heterocycles. The summed E-state index contributed by atoms with van der Waals surface area (Å²) in [5.74, 6) is 1.64. The van der Waals surface area contributed by atoms with E-state index in [2.05, 4.69) is 199 Å². The molecule has 0 saturated carbocycles. The number of hydrogen-bond acceptors (Lipinski definition) is 6. The van der Waals surface area contributed by atoms with Crippen molar-refractivity contribution in [2.24, 2.45) is 4.99 Å². The second kappa shape index (κ2) is 18.5. The number of nitrogens with zero attached hydrogens (tertiary/aromatic N) is 6. The number of anilines is 3. The van der Waals surface area contributed by atoms with E-state index in [-0.39, 0.29) is 0 Å². The summed E-state index contributed by atoms with van der Waals surface area (Å²) in [6.07, 6.45) is 14.3. The Balaban J connectivity index is 1.09. The fraction of sp³-hybridized carbons (Fsp3) is 0.0968. The largest absolute Gasteiger partial charge is 0.397 e. The lowest BCUT2D eigenvalue weighted by Gasteiger charge is -2.27. The molecule has 0 radical (unpaired) electrons. The van der Waals surface area contributed by atoms with Gasteiger partial charge in [0.25, 0.3) is 0 Å². The molecule has 2 N–H and O–H groups in total. The van der Waals surface area contributed by atoms with E-state index in [9.17, 15) is 0 Å². The molecule has 0 fully saturated rings. The molecular formula is C62H51N7. The molecule has 0 aliphatic heterocycles. The summed E-state index contributed by atoms with van der Waals surface area (Å²) in [7, 11) is 1.89. The lowest BCUT2D eigenvalue weighted by Crippen LogP contribution is -2.17. The van der Waals surface area contributed by atoms with Crippen LogP contribution in [0.5, 0.6) is 0 Å². The Bertz CT molecular complexity index is 3660. The maximum absolute atomic E-state index is 7.06. The number of benzene rings is 8. The molecular weight excluding hydrogens is 843 g/mol. The van der Waals surface area contributed by atoms with Crippen LogP contribution in [0.3, 0.4) is 0 Å². The van der Waals surface area contributed by atoms with Gasteiger partial charge in [-0.3, -0.25) is 9.56 Å². The number of aromatic nitrogens is 4. The van der Waals surface area contributed by atoms with Gasteiger partial charge < -0.3 is 10.6 Å². The van der Waals surface area contributed by atoms with E-state index < -0.39 is 0 Å². The van der Waals surface area contributed by atoms with Gasteiger partial charge in [-0.1, -0.05) is 127 Å². The predicted octanol–water partition coefficient (Wildman–Crippen LogP) is 15.2. The molecule has 7 nitrogen and oxygen atoms in total. The van der Waals surface area contributed by atoms with Crippen LogP contribution in [0.1, 0.15) is 43.6 Å². The number of nitrogens with two attached hydrogens (primary N) is 1. The molecule has 2 aromatic heterocycles. The number of nitrogen functional groups attached to an aromatic ring is 1. The Kier molecular flexibility index (Phi) is 11.5. The zero-order chi connectivity index (χ0) is 46.8. The minimum absolute atomic E-state index is 0.659. The molecule has 1 aliphatic rings. The van der Waals surface area contributed by atoms with Crippen molar-refractivity contribution in [3.8, 4) is 39.3 Å². The number of imidazole rings is 1. The highest BCUT2D eigenvalue weighted by Crippen LogP contribution is 2.44. The van der Waals surface area contributed by atoms with Gasteiger partial charge in [-0.15, -0.1) is 0 Å². The first kappa shape index (κ1) is 42.9. The molecule has 0 unspecified atom stereocenters. The number of aliphatic imine (C=N–C) groups is 1. The van der Waals surface area contributed by atoms with Crippen LogP contribution >= 0.6 is 0 Å². The highest BCUT2D eigenvalue weighted by molar-refractivity contribution is 6.30. The van der Waals surface area contributed by atoms with E-state index in [1.165, 1.54) is 11.1 Å². The van der Waals surface area contributed by atoms with Gasteiger partial charge in [0.05, 0.1) is 28.1 Å². The molecule has 1 aliphatic carbocycles. The molecule has 0 amide bonds.